The van der Waals surface area contributed by atoms with Crippen LogP contribution in [0.2, 0.25) is 0 Å². The molecule has 1 unspecified atom stereocenters. The van der Waals surface area contributed by atoms with Gasteiger partial charge in [-0.2, -0.15) is 0 Å². The number of carbonyl (C=O) groups is 1. The van der Waals surface area contributed by atoms with E-state index in [4.69, 9.17) is 4.74 Å². The van der Waals surface area contributed by atoms with Crippen molar-refractivity contribution in [1.29, 1.82) is 0 Å². The molecule has 1 aliphatic rings. The van der Waals surface area contributed by atoms with Gasteiger partial charge < -0.3 is 15.4 Å². The molecule has 120 valence electrons. The molecule has 1 saturated heterocycles. The lowest BCUT2D eigenvalue weighted by Crippen LogP contribution is -2.37. The van der Waals surface area contributed by atoms with E-state index in [0.29, 0.717) is 5.75 Å². The van der Waals surface area contributed by atoms with Gasteiger partial charge in [0.2, 0.25) is 5.91 Å². The molecule has 23 heavy (non-hydrogen) atoms. The maximum atomic E-state index is 12.3. The number of nitrogens with one attached hydrogen (secondary N) is 2. The molecule has 5 nitrogen and oxygen atoms in total. The molecule has 1 aromatic heterocycles. The fourth-order valence-electron chi connectivity index (χ4n) is 2.70. The zero-order valence-electron chi connectivity index (χ0n) is 13.2. The first-order valence-corrected chi connectivity index (χ1v) is 7.92. The van der Waals surface area contributed by atoms with Crippen molar-refractivity contribution in [2.24, 2.45) is 5.92 Å². The van der Waals surface area contributed by atoms with Crippen LogP contribution in [0.1, 0.15) is 18.4 Å². The van der Waals surface area contributed by atoms with Crippen molar-refractivity contribution >= 4 is 11.6 Å². The molecule has 2 N–H and O–H groups in total. The predicted octanol–water partition coefficient (Wildman–Crippen LogP) is 3.12. The first kappa shape index (κ1) is 15.5. The number of nitrogens with zero attached hydrogens (tertiary/aromatic N) is 1. The van der Waals surface area contributed by atoms with Crippen LogP contribution in [0, 0.1) is 12.8 Å². The molecular formula is C18H21N3O2. The molecule has 0 radical (unpaired) electrons. The number of amides is 1. The summed E-state index contributed by atoms with van der Waals surface area (Å²) in [6.07, 6.45) is 5.37. The van der Waals surface area contributed by atoms with Crippen LogP contribution in [0.15, 0.2) is 42.7 Å². The number of hydrogen-bond donors (Lipinski definition) is 2. The average molecular weight is 311 g/mol. The quantitative estimate of drug-likeness (QED) is 0.910. The summed E-state index contributed by atoms with van der Waals surface area (Å²) in [4.78, 5) is 16.3. The third kappa shape index (κ3) is 4.07. The van der Waals surface area contributed by atoms with E-state index in [2.05, 4.69) is 15.6 Å². The smallest absolute Gasteiger partial charge is 0.228 e. The van der Waals surface area contributed by atoms with E-state index in [1.165, 1.54) is 0 Å². The van der Waals surface area contributed by atoms with Crippen LogP contribution in [0.25, 0.3) is 0 Å². The molecule has 1 fully saturated rings. The van der Waals surface area contributed by atoms with Crippen molar-refractivity contribution in [3.8, 4) is 11.5 Å². The highest BCUT2D eigenvalue weighted by Gasteiger charge is 2.20. The van der Waals surface area contributed by atoms with E-state index in [1.54, 1.807) is 12.4 Å². The van der Waals surface area contributed by atoms with Gasteiger partial charge in [-0.3, -0.25) is 9.78 Å². The number of aryl methyl sites for hydroxylation is 1. The molecule has 1 atom stereocenters. The van der Waals surface area contributed by atoms with Crippen molar-refractivity contribution < 1.29 is 9.53 Å². The second-order valence-corrected chi connectivity index (χ2v) is 5.80. The number of carbonyl (C=O) groups excluding carboxylic acids is 1. The lowest BCUT2D eigenvalue weighted by atomic mass is 9.99. The third-order valence-corrected chi connectivity index (χ3v) is 3.97. The zero-order chi connectivity index (χ0) is 16.1. The van der Waals surface area contributed by atoms with Gasteiger partial charge in [0.15, 0.2) is 0 Å². The molecule has 1 aliphatic heterocycles. The Labute approximate surface area is 136 Å². The maximum absolute atomic E-state index is 12.3. The fraction of sp³-hybridized carbons (Fsp3) is 0.333. The van der Waals surface area contributed by atoms with E-state index in [9.17, 15) is 4.79 Å². The molecule has 1 aromatic carbocycles. The normalized spacial score (nSPS) is 17.5. The molecule has 0 spiro atoms. The summed E-state index contributed by atoms with van der Waals surface area (Å²) >= 11 is 0. The van der Waals surface area contributed by atoms with Crippen LogP contribution in [0.4, 0.5) is 5.69 Å². The zero-order valence-corrected chi connectivity index (χ0v) is 13.2. The Balaban J connectivity index is 1.65. The second kappa shape index (κ2) is 7.24. The molecule has 1 amide bonds. The number of anilines is 1. The maximum Gasteiger partial charge on any atom is 0.228 e. The van der Waals surface area contributed by atoms with Crippen molar-refractivity contribution in [1.82, 2.24) is 10.3 Å². The minimum absolute atomic E-state index is 0.0513. The van der Waals surface area contributed by atoms with Crippen molar-refractivity contribution in [3.05, 3.63) is 48.3 Å². The minimum Gasteiger partial charge on any atom is -0.455 e. The summed E-state index contributed by atoms with van der Waals surface area (Å²) in [5.41, 5.74) is 1.77. The molecule has 2 aromatic rings. The van der Waals surface area contributed by atoms with Gasteiger partial charge in [-0.25, -0.2) is 0 Å². The van der Waals surface area contributed by atoms with E-state index < -0.39 is 0 Å². The number of piperidine rings is 1. The summed E-state index contributed by atoms with van der Waals surface area (Å²) in [5.74, 6) is 1.59. The Hall–Kier alpha value is -2.40. The Morgan fingerprint density at radius 2 is 2.30 bits per heavy atom. The van der Waals surface area contributed by atoms with Gasteiger partial charge >= 0.3 is 0 Å². The monoisotopic (exact) mass is 311 g/mol. The fourth-order valence-corrected chi connectivity index (χ4v) is 2.70. The van der Waals surface area contributed by atoms with Gasteiger partial charge in [-0.05, 0) is 62.2 Å². The lowest BCUT2D eigenvalue weighted by Gasteiger charge is -2.22. The highest BCUT2D eigenvalue weighted by atomic mass is 16.5. The number of pyridine rings is 1. The van der Waals surface area contributed by atoms with Crippen molar-refractivity contribution in [2.75, 3.05) is 18.4 Å². The van der Waals surface area contributed by atoms with Crippen LogP contribution in [-0.4, -0.2) is 24.0 Å². The van der Waals surface area contributed by atoms with Crippen molar-refractivity contribution in [3.63, 3.8) is 0 Å². The number of benzene rings is 1. The molecular weight excluding hydrogens is 290 g/mol. The number of rotatable bonds is 4. The van der Waals surface area contributed by atoms with E-state index in [0.717, 1.165) is 42.9 Å². The van der Waals surface area contributed by atoms with Crippen LogP contribution < -0.4 is 15.4 Å². The average Bonchev–Trinajstić information content (AvgIpc) is 2.59. The molecule has 3 rings (SSSR count). The van der Waals surface area contributed by atoms with Gasteiger partial charge in [-0.15, -0.1) is 0 Å². The molecule has 0 aliphatic carbocycles. The summed E-state index contributed by atoms with van der Waals surface area (Å²) in [5, 5.41) is 6.26. The van der Waals surface area contributed by atoms with Crippen LogP contribution >= 0.6 is 0 Å². The number of hydrogen-bond acceptors (Lipinski definition) is 4. The van der Waals surface area contributed by atoms with Crippen LogP contribution in [0.5, 0.6) is 11.5 Å². The van der Waals surface area contributed by atoms with Gasteiger partial charge in [0.05, 0.1) is 12.1 Å². The summed E-state index contributed by atoms with van der Waals surface area (Å²) in [6, 6.07) is 9.36. The lowest BCUT2D eigenvalue weighted by molar-refractivity contribution is -0.120. The third-order valence-electron chi connectivity index (χ3n) is 3.97. The van der Waals surface area contributed by atoms with Gasteiger partial charge in [0, 0.05) is 18.4 Å². The Bertz CT molecular complexity index is 667. The first-order chi connectivity index (χ1) is 11.2. The Morgan fingerprint density at radius 3 is 3.00 bits per heavy atom. The molecule has 5 heteroatoms. The first-order valence-electron chi connectivity index (χ1n) is 7.92. The Morgan fingerprint density at radius 1 is 1.39 bits per heavy atom. The summed E-state index contributed by atoms with van der Waals surface area (Å²) in [6.45, 7) is 3.72. The van der Waals surface area contributed by atoms with Gasteiger partial charge in [0.1, 0.15) is 11.5 Å². The van der Waals surface area contributed by atoms with E-state index in [1.807, 2.05) is 37.3 Å². The molecule has 0 saturated carbocycles. The van der Waals surface area contributed by atoms with Crippen molar-refractivity contribution in [2.45, 2.75) is 19.8 Å². The predicted molar refractivity (Wildman–Crippen MR) is 89.7 cm³/mol. The topological polar surface area (TPSA) is 63.2 Å². The number of aromatic nitrogens is 1. The summed E-state index contributed by atoms with van der Waals surface area (Å²) < 4.78 is 5.80. The number of ether oxygens (including phenoxy) is 1. The van der Waals surface area contributed by atoms with Gasteiger partial charge in [-0.1, -0.05) is 0 Å². The highest BCUT2D eigenvalue weighted by Crippen LogP contribution is 2.27. The van der Waals surface area contributed by atoms with E-state index >= 15 is 0 Å². The largest absolute Gasteiger partial charge is 0.455 e. The minimum atomic E-state index is 0.0513. The van der Waals surface area contributed by atoms with Crippen LogP contribution in [0.3, 0.4) is 0 Å². The standard InChI is InChI=1S/C18H21N3O2/c1-13-10-15(21-18(22)14-4-2-8-19-11-14)6-7-17(13)23-16-5-3-9-20-12-16/h3,5-7,9-10,12,14,19H,2,4,8,11H2,1H3,(H,21,22). The van der Waals surface area contributed by atoms with Crippen LogP contribution in [-0.2, 0) is 4.79 Å². The molecule has 0 bridgehead atoms. The second-order valence-electron chi connectivity index (χ2n) is 5.80. The van der Waals surface area contributed by atoms with Gasteiger partial charge in [0.25, 0.3) is 0 Å². The Kier molecular flexibility index (Phi) is 4.88. The summed E-state index contributed by atoms with van der Waals surface area (Å²) in [7, 11) is 0. The van der Waals surface area contributed by atoms with E-state index in [-0.39, 0.29) is 11.8 Å². The molecule has 2 heterocycles. The SMILES string of the molecule is Cc1cc(NC(=O)C2CCCNC2)ccc1Oc1cccnc1. The highest BCUT2D eigenvalue weighted by molar-refractivity contribution is 5.93.